The van der Waals surface area contributed by atoms with Crippen LogP contribution in [0.15, 0.2) is 36.4 Å². The smallest absolute Gasteiger partial charge is 0.356 e. The molecule has 0 saturated carbocycles. The number of hydrogen-bond donors (Lipinski definition) is 2. The fourth-order valence-corrected chi connectivity index (χ4v) is 4.61. The molecule has 3 aromatic rings. The number of carbonyl (C=O) groups excluding carboxylic acids is 2. The minimum atomic E-state index is -0.507. The van der Waals surface area contributed by atoms with E-state index in [0.29, 0.717) is 16.8 Å². The molecular formula is C27H34N4O4. The first-order valence-corrected chi connectivity index (χ1v) is 12.1. The third-order valence-corrected chi connectivity index (χ3v) is 6.89. The molecule has 1 fully saturated rings. The van der Waals surface area contributed by atoms with Crippen LogP contribution in [0.2, 0.25) is 0 Å². The lowest BCUT2D eigenvalue weighted by Gasteiger charge is -2.39. The van der Waals surface area contributed by atoms with Gasteiger partial charge >= 0.3 is 5.97 Å². The van der Waals surface area contributed by atoms with Crippen LogP contribution in [0, 0.1) is 13.8 Å². The maximum absolute atomic E-state index is 13.3. The maximum Gasteiger partial charge on any atom is 0.356 e. The largest absolute Gasteiger partial charge is 0.497 e. The quantitative estimate of drug-likeness (QED) is 0.497. The molecule has 1 aliphatic rings. The number of esters is 1. The van der Waals surface area contributed by atoms with E-state index in [2.05, 4.69) is 52.1 Å². The summed E-state index contributed by atoms with van der Waals surface area (Å²) < 4.78 is 10.6. The third kappa shape index (κ3) is 4.98. The second-order valence-electron chi connectivity index (χ2n) is 8.91. The summed E-state index contributed by atoms with van der Waals surface area (Å²) in [6.45, 7) is 11.4. The summed E-state index contributed by atoms with van der Waals surface area (Å²) >= 11 is 0. The lowest BCUT2D eigenvalue weighted by atomic mass is 10.1. The molecule has 8 heteroatoms. The van der Waals surface area contributed by atoms with Crippen molar-refractivity contribution < 1.29 is 19.1 Å². The third-order valence-electron chi connectivity index (χ3n) is 6.89. The second-order valence-corrected chi connectivity index (χ2v) is 8.91. The van der Waals surface area contributed by atoms with Gasteiger partial charge in [0.25, 0.3) is 0 Å². The highest BCUT2D eigenvalue weighted by molar-refractivity contribution is 6.12. The van der Waals surface area contributed by atoms with Crippen LogP contribution in [0.5, 0.6) is 5.75 Å². The van der Waals surface area contributed by atoms with Gasteiger partial charge in [-0.1, -0.05) is 12.1 Å². The number of ether oxygens (including phenoxy) is 2. The number of nitrogens with one attached hydrogen (secondary N) is 2. The first-order valence-electron chi connectivity index (χ1n) is 12.1. The normalized spacial score (nSPS) is 15.2. The number of fused-ring (bicyclic) bond motifs is 1. The van der Waals surface area contributed by atoms with Crippen LogP contribution < -0.4 is 15.0 Å². The van der Waals surface area contributed by atoms with Crippen molar-refractivity contribution in [3.63, 3.8) is 0 Å². The Hall–Kier alpha value is -3.52. The van der Waals surface area contributed by atoms with E-state index in [1.165, 1.54) is 16.8 Å². The molecular weight excluding hydrogens is 444 g/mol. The number of piperazine rings is 1. The van der Waals surface area contributed by atoms with Crippen LogP contribution in [0.4, 0.5) is 11.4 Å². The summed E-state index contributed by atoms with van der Waals surface area (Å²) in [4.78, 5) is 33.6. The summed E-state index contributed by atoms with van der Waals surface area (Å²) in [6.07, 6.45) is 0. The van der Waals surface area contributed by atoms with Gasteiger partial charge in [-0.15, -0.1) is 0 Å². The van der Waals surface area contributed by atoms with E-state index in [4.69, 9.17) is 9.47 Å². The maximum atomic E-state index is 13.3. The van der Waals surface area contributed by atoms with Crippen molar-refractivity contribution in [3.8, 4) is 5.75 Å². The van der Waals surface area contributed by atoms with E-state index >= 15 is 0 Å². The topological polar surface area (TPSA) is 86.9 Å². The predicted octanol–water partition coefficient (Wildman–Crippen LogP) is 4.12. The molecule has 0 spiro atoms. The number of aromatic amines is 1. The number of carbonyl (C=O) groups is 2. The average Bonchev–Trinajstić information content (AvgIpc) is 3.23. The van der Waals surface area contributed by atoms with Crippen molar-refractivity contribution in [1.82, 2.24) is 9.88 Å². The van der Waals surface area contributed by atoms with Crippen LogP contribution in [0.3, 0.4) is 0 Å². The van der Waals surface area contributed by atoms with Crippen molar-refractivity contribution in [3.05, 3.63) is 53.2 Å². The van der Waals surface area contributed by atoms with Gasteiger partial charge in [0, 0.05) is 42.8 Å². The molecule has 0 aliphatic carbocycles. The number of benzene rings is 2. The first-order chi connectivity index (χ1) is 16.8. The van der Waals surface area contributed by atoms with E-state index in [0.717, 1.165) is 31.7 Å². The summed E-state index contributed by atoms with van der Waals surface area (Å²) in [5.74, 6) is -0.0368. The van der Waals surface area contributed by atoms with Crippen LogP contribution in [0.1, 0.15) is 35.5 Å². The number of rotatable bonds is 7. The van der Waals surface area contributed by atoms with E-state index in [1.54, 1.807) is 26.2 Å². The lowest BCUT2D eigenvalue weighted by molar-refractivity contribution is -0.120. The standard InChI is InChI=1S/C27H34N4O4/c1-6-35-27(33)25-24(21-16-20(34-5)10-11-22(21)28-25)29-26(32)19(4)30-12-14-31(15-13-30)23-9-7-8-17(2)18(23)3/h7-11,16,19,28H,6,12-15H2,1-5H3,(H,29,32)/t19-/m0/s1. The number of nitrogens with zero attached hydrogens (tertiary/aromatic N) is 2. The lowest BCUT2D eigenvalue weighted by Crippen LogP contribution is -2.53. The summed E-state index contributed by atoms with van der Waals surface area (Å²) in [5, 5.41) is 3.70. The highest BCUT2D eigenvalue weighted by Crippen LogP contribution is 2.32. The van der Waals surface area contributed by atoms with Gasteiger partial charge in [-0.2, -0.15) is 0 Å². The van der Waals surface area contributed by atoms with Gasteiger partial charge in [-0.3, -0.25) is 9.69 Å². The molecule has 1 atom stereocenters. The van der Waals surface area contributed by atoms with Crippen LogP contribution in [-0.4, -0.2) is 67.7 Å². The van der Waals surface area contributed by atoms with Gasteiger partial charge in [0.05, 0.1) is 25.4 Å². The highest BCUT2D eigenvalue weighted by Gasteiger charge is 2.28. The Morgan fingerprint density at radius 2 is 1.86 bits per heavy atom. The van der Waals surface area contributed by atoms with Gasteiger partial charge in [0.2, 0.25) is 5.91 Å². The fraction of sp³-hybridized carbons (Fsp3) is 0.407. The highest BCUT2D eigenvalue weighted by atomic mass is 16.5. The van der Waals surface area contributed by atoms with Crippen molar-refractivity contribution in [2.24, 2.45) is 0 Å². The molecule has 1 aliphatic heterocycles. The van der Waals surface area contributed by atoms with E-state index in [-0.39, 0.29) is 24.2 Å². The predicted molar refractivity (Wildman–Crippen MR) is 139 cm³/mol. The van der Waals surface area contributed by atoms with E-state index in [1.807, 2.05) is 13.0 Å². The average molecular weight is 479 g/mol. The van der Waals surface area contributed by atoms with Crippen LogP contribution in [-0.2, 0) is 9.53 Å². The summed E-state index contributed by atoms with van der Waals surface area (Å²) in [6, 6.07) is 11.5. The monoisotopic (exact) mass is 478 g/mol. The van der Waals surface area contributed by atoms with Crippen LogP contribution >= 0.6 is 0 Å². The Morgan fingerprint density at radius 3 is 2.54 bits per heavy atom. The van der Waals surface area contributed by atoms with Crippen molar-refractivity contribution in [1.29, 1.82) is 0 Å². The molecule has 1 aromatic heterocycles. The molecule has 2 N–H and O–H groups in total. The second kappa shape index (κ2) is 10.4. The number of hydrogen-bond acceptors (Lipinski definition) is 6. The molecule has 0 radical (unpaired) electrons. The number of amides is 1. The van der Waals surface area contributed by atoms with Crippen molar-refractivity contribution in [2.75, 3.05) is 50.1 Å². The molecule has 8 nitrogen and oxygen atoms in total. The fourth-order valence-electron chi connectivity index (χ4n) is 4.61. The summed E-state index contributed by atoms with van der Waals surface area (Å²) in [7, 11) is 1.58. The Kier molecular flexibility index (Phi) is 7.31. The summed E-state index contributed by atoms with van der Waals surface area (Å²) in [5.41, 5.74) is 5.21. The molecule has 186 valence electrons. The number of aryl methyl sites for hydroxylation is 1. The Balaban J connectivity index is 1.50. The zero-order valence-corrected chi connectivity index (χ0v) is 21.1. The number of anilines is 2. The number of aromatic nitrogens is 1. The Morgan fingerprint density at radius 1 is 1.11 bits per heavy atom. The molecule has 1 amide bonds. The molecule has 2 aromatic carbocycles. The molecule has 0 bridgehead atoms. The van der Waals surface area contributed by atoms with E-state index in [9.17, 15) is 9.59 Å². The number of H-pyrrole nitrogens is 1. The Bertz CT molecular complexity index is 1230. The number of methoxy groups -OCH3 is 1. The van der Waals surface area contributed by atoms with Crippen molar-refractivity contribution in [2.45, 2.75) is 33.7 Å². The molecule has 0 unspecified atom stereocenters. The van der Waals surface area contributed by atoms with Crippen molar-refractivity contribution >= 4 is 34.2 Å². The zero-order chi connectivity index (χ0) is 25.1. The van der Waals surface area contributed by atoms with Gasteiger partial charge < -0.3 is 24.7 Å². The Labute approximate surface area is 206 Å². The van der Waals surface area contributed by atoms with E-state index < -0.39 is 5.97 Å². The molecule has 35 heavy (non-hydrogen) atoms. The minimum absolute atomic E-state index is 0.167. The molecule has 1 saturated heterocycles. The van der Waals surface area contributed by atoms with Gasteiger partial charge in [0.1, 0.15) is 11.4 Å². The minimum Gasteiger partial charge on any atom is -0.497 e. The zero-order valence-electron chi connectivity index (χ0n) is 21.1. The van der Waals surface area contributed by atoms with Gasteiger partial charge in [0.15, 0.2) is 0 Å². The first kappa shape index (κ1) is 24.6. The molecule has 2 heterocycles. The molecule has 4 rings (SSSR count). The van der Waals surface area contributed by atoms with Crippen LogP contribution in [0.25, 0.3) is 10.9 Å². The van der Waals surface area contributed by atoms with Gasteiger partial charge in [-0.25, -0.2) is 4.79 Å². The van der Waals surface area contributed by atoms with Gasteiger partial charge in [-0.05, 0) is 63.1 Å². The SMILES string of the molecule is CCOC(=O)c1[nH]c2ccc(OC)cc2c1NC(=O)[C@H](C)N1CCN(c2cccc(C)c2C)CC1.